The summed E-state index contributed by atoms with van der Waals surface area (Å²) in [6, 6.07) is 7.30. The highest BCUT2D eigenvalue weighted by Gasteiger charge is 2.12. The summed E-state index contributed by atoms with van der Waals surface area (Å²) in [5.41, 5.74) is 0.603. The third-order valence-electron chi connectivity index (χ3n) is 3.03. The molecule has 0 saturated carbocycles. The normalized spacial score (nSPS) is 11.0. The van der Waals surface area contributed by atoms with Crippen molar-refractivity contribution in [3.05, 3.63) is 59.0 Å². The number of hydrogen-bond acceptors (Lipinski definition) is 6. The Bertz CT molecular complexity index is 885. The molecule has 112 valence electrons. The molecule has 0 aliphatic carbocycles. The van der Waals surface area contributed by atoms with E-state index in [0.717, 1.165) is 0 Å². The fraction of sp³-hybridized carbons (Fsp3) is 0.200. The predicted molar refractivity (Wildman–Crippen MR) is 84.8 cm³/mol. The average Bonchev–Trinajstić information content (AvgIpc) is 2.94. The molecular weight excluding hydrogens is 300 g/mol. The third-order valence-corrected chi connectivity index (χ3v) is 3.99. The largest absolute Gasteiger partial charge is 0.338 e. The van der Waals surface area contributed by atoms with Gasteiger partial charge < -0.3 is 4.52 Å². The predicted octanol–water partition coefficient (Wildman–Crippen LogP) is 2.57. The van der Waals surface area contributed by atoms with Crippen LogP contribution in [0.4, 0.5) is 0 Å². The van der Waals surface area contributed by atoms with Crippen molar-refractivity contribution < 1.29 is 4.52 Å². The molecule has 22 heavy (non-hydrogen) atoms. The van der Waals surface area contributed by atoms with Crippen LogP contribution in [0.15, 0.2) is 51.4 Å². The zero-order valence-corrected chi connectivity index (χ0v) is 12.8. The van der Waals surface area contributed by atoms with Gasteiger partial charge in [-0.25, -0.2) is 4.98 Å². The summed E-state index contributed by atoms with van der Waals surface area (Å²) in [7, 11) is 0. The summed E-state index contributed by atoms with van der Waals surface area (Å²) in [6.07, 6.45) is 1.68. The highest BCUT2D eigenvalue weighted by molar-refractivity contribution is 7.98. The summed E-state index contributed by atoms with van der Waals surface area (Å²) in [6.45, 7) is 5.87. The van der Waals surface area contributed by atoms with Crippen LogP contribution < -0.4 is 5.56 Å². The zero-order chi connectivity index (χ0) is 15.5. The maximum atomic E-state index is 12.6. The van der Waals surface area contributed by atoms with E-state index in [4.69, 9.17) is 4.52 Å². The van der Waals surface area contributed by atoms with Gasteiger partial charge in [-0.2, -0.15) is 4.98 Å². The Morgan fingerprint density at radius 3 is 2.91 bits per heavy atom. The summed E-state index contributed by atoms with van der Waals surface area (Å²) in [5, 5.41) is 4.96. The van der Waals surface area contributed by atoms with E-state index in [0.29, 0.717) is 40.1 Å². The lowest BCUT2D eigenvalue weighted by Crippen LogP contribution is -2.22. The van der Waals surface area contributed by atoms with Crippen molar-refractivity contribution in [2.45, 2.75) is 24.4 Å². The van der Waals surface area contributed by atoms with Crippen molar-refractivity contribution in [3.63, 3.8) is 0 Å². The van der Waals surface area contributed by atoms with Gasteiger partial charge in [-0.05, 0) is 19.1 Å². The van der Waals surface area contributed by atoms with Gasteiger partial charge in [0.25, 0.3) is 5.56 Å². The molecule has 0 fully saturated rings. The quantitative estimate of drug-likeness (QED) is 0.409. The van der Waals surface area contributed by atoms with E-state index in [9.17, 15) is 4.79 Å². The topological polar surface area (TPSA) is 73.8 Å². The molecule has 3 aromatic rings. The highest BCUT2D eigenvalue weighted by atomic mass is 32.2. The van der Waals surface area contributed by atoms with Crippen LogP contribution in [0.25, 0.3) is 10.9 Å². The van der Waals surface area contributed by atoms with Crippen molar-refractivity contribution in [3.8, 4) is 0 Å². The van der Waals surface area contributed by atoms with Crippen LogP contribution in [0, 0.1) is 6.92 Å². The smallest absolute Gasteiger partial charge is 0.262 e. The first kappa shape index (κ1) is 14.5. The minimum atomic E-state index is -0.0743. The second-order valence-electron chi connectivity index (χ2n) is 4.64. The molecule has 7 heteroatoms. The molecule has 0 N–H and O–H groups in total. The zero-order valence-electron chi connectivity index (χ0n) is 12.0. The molecule has 0 aliphatic heterocycles. The fourth-order valence-corrected chi connectivity index (χ4v) is 2.92. The summed E-state index contributed by atoms with van der Waals surface area (Å²) in [4.78, 5) is 21.3. The number of nitrogens with zero attached hydrogens (tertiary/aromatic N) is 4. The Hall–Kier alpha value is -2.41. The van der Waals surface area contributed by atoms with E-state index >= 15 is 0 Å². The fourth-order valence-electron chi connectivity index (χ4n) is 2.07. The molecule has 0 radical (unpaired) electrons. The monoisotopic (exact) mass is 314 g/mol. The number of allylic oxidation sites excluding steroid dienone is 1. The molecule has 0 bridgehead atoms. The Kier molecular flexibility index (Phi) is 4.06. The van der Waals surface area contributed by atoms with E-state index in [1.54, 1.807) is 23.6 Å². The van der Waals surface area contributed by atoms with Gasteiger partial charge in [0, 0.05) is 6.54 Å². The van der Waals surface area contributed by atoms with E-state index in [1.807, 2.05) is 18.2 Å². The molecular formula is C15H14N4O2S. The molecule has 0 amide bonds. The third kappa shape index (κ3) is 2.80. The minimum Gasteiger partial charge on any atom is -0.338 e. The van der Waals surface area contributed by atoms with E-state index in [-0.39, 0.29) is 5.56 Å². The van der Waals surface area contributed by atoms with Crippen molar-refractivity contribution in [2.75, 3.05) is 0 Å². The van der Waals surface area contributed by atoms with Crippen LogP contribution in [0.2, 0.25) is 0 Å². The highest BCUT2D eigenvalue weighted by Crippen LogP contribution is 2.21. The Labute approximate surface area is 130 Å². The first-order chi connectivity index (χ1) is 10.7. The number of rotatable bonds is 5. The first-order valence-electron chi connectivity index (χ1n) is 6.71. The molecule has 3 rings (SSSR count). The van der Waals surface area contributed by atoms with Crippen molar-refractivity contribution in [2.24, 2.45) is 0 Å². The SMILES string of the molecule is C=CCn1c(SCc2nc(C)no2)nc2ccccc2c1=O. The van der Waals surface area contributed by atoms with Crippen LogP contribution in [0.1, 0.15) is 11.7 Å². The maximum absolute atomic E-state index is 12.6. The van der Waals surface area contributed by atoms with Gasteiger partial charge in [0.2, 0.25) is 5.89 Å². The van der Waals surface area contributed by atoms with Crippen LogP contribution in [-0.2, 0) is 12.3 Å². The van der Waals surface area contributed by atoms with Crippen LogP contribution in [0.3, 0.4) is 0 Å². The maximum Gasteiger partial charge on any atom is 0.262 e. The summed E-state index contributed by atoms with van der Waals surface area (Å²) in [5.74, 6) is 1.56. The average molecular weight is 314 g/mol. The van der Waals surface area contributed by atoms with Crippen molar-refractivity contribution in [1.29, 1.82) is 0 Å². The number of hydrogen-bond donors (Lipinski definition) is 0. The number of aryl methyl sites for hydroxylation is 1. The summed E-state index contributed by atoms with van der Waals surface area (Å²) < 4.78 is 6.69. The Balaban J connectivity index is 2.01. The van der Waals surface area contributed by atoms with Gasteiger partial charge in [0.05, 0.1) is 16.7 Å². The lowest BCUT2D eigenvalue weighted by atomic mass is 10.2. The molecule has 0 atom stereocenters. The van der Waals surface area contributed by atoms with E-state index < -0.39 is 0 Å². The van der Waals surface area contributed by atoms with E-state index in [1.165, 1.54) is 11.8 Å². The number of benzene rings is 1. The number of para-hydroxylation sites is 1. The van der Waals surface area contributed by atoms with Crippen LogP contribution in [-0.4, -0.2) is 19.7 Å². The molecule has 0 aliphatic rings. The van der Waals surface area contributed by atoms with Gasteiger partial charge in [0.1, 0.15) is 0 Å². The molecule has 0 spiro atoms. The Morgan fingerprint density at radius 1 is 1.36 bits per heavy atom. The molecule has 2 heterocycles. The first-order valence-corrected chi connectivity index (χ1v) is 7.70. The Morgan fingerprint density at radius 2 is 2.18 bits per heavy atom. The van der Waals surface area contributed by atoms with Crippen LogP contribution in [0.5, 0.6) is 0 Å². The standard InChI is InChI=1S/C15H14N4O2S/c1-3-8-19-14(20)11-6-4-5-7-12(11)17-15(19)22-9-13-16-10(2)18-21-13/h3-7H,1,8-9H2,2H3. The minimum absolute atomic E-state index is 0.0743. The van der Waals surface area contributed by atoms with Crippen LogP contribution >= 0.6 is 11.8 Å². The lowest BCUT2D eigenvalue weighted by molar-refractivity contribution is 0.387. The second kappa shape index (κ2) is 6.15. The van der Waals surface area contributed by atoms with Gasteiger partial charge in [-0.1, -0.05) is 35.1 Å². The molecule has 6 nitrogen and oxygen atoms in total. The van der Waals surface area contributed by atoms with Crippen molar-refractivity contribution in [1.82, 2.24) is 19.7 Å². The number of fused-ring (bicyclic) bond motifs is 1. The van der Waals surface area contributed by atoms with Gasteiger partial charge in [0.15, 0.2) is 11.0 Å². The van der Waals surface area contributed by atoms with Crippen molar-refractivity contribution >= 4 is 22.7 Å². The lowest BCUT2D eigenvalue weighted by Gasteiger charge is -2.10. The molecule has 2 aromatic heterocycles. The molecule has 1 aromatic carbocycles. The number of thioether (sulfide) groups is 1. The van der Waals surface area contributed by atoms with Gasteiger partial charge >= 0.3 is 0 Å². The summed E-state index contributed by atoms with van der Waals surface area (Å²) >= 11 is 1.39. The van der Waals surface area contributed by atoms with Gasteiger partial charge in [-0.3, -0.25) is 9.36 Å². The molecule has 0 unspecified atom stereocenters. The number of aromatic nitrogens is 4. The molecule has 0 saturated heterocycles. The van der Waals surface area contributed by atoms with E-state index in [2.05, 4.69) is 21.7 Å². The second-order valence-corrected chi connectivity index (χ2v) is 5.58. The van der Waals surface area contributed by atoms with Gasteiger partial charge in [-0.15, -0.1) is 6.58 Å².